The second-order valence-electron chi connectivity index (χ2n) is 12.5. The topological polar surface area (TPSA) is 119 Å². The molecule has 0 saturated carbocycles. The van der Waals surface area contributed by atoms with Gasteiger partial charge in [0.25, 0.3) is 0 Å². The van der Waals surface area contributed by atoms with Gasteiger partial charge in [-0.3, -0.25) is 9.59 Å². The van der Waals surface area contributed by atoms with Crippen molar-refractivity contribution in [2.24, 2.45) is 11.3 Å². The SMILES string of the molecule is C=CCN(C(=O)Cc1ccc(S(=O)(=O)NC)cc1)C1CCN(C[C@@H]2CNC[C@@]2(O)C(=O)C(C)(C)Cc2ccccc2)CC1. The van der Waals surface area contributed by atoms with Gasteiger partial charge in [-0.25, -0.2) is 13.1 Å². The zero-order valence-electron chi connectivity index (χ0n) is 25.6. The zero-order valence-corrected chi connectivity index (χ0v) is 26.4. The fraction of sp³-hybridized carbons (Fsp3) is 0.515. The lowest BCUT2D eigenvalue weighted by Gasteiger charge is -2.41. The number of nitrogens with one attached hydrogen (secondary N) is 2. The molecule has 4 rings (SSSR count). The summed E-state index contributed by atoms with van der Waals surface area (Å²) in [5, 5.41) is 15.0. The number of aliphatic hydroxyl groups is 1. The number of likely N-dealkylation sites (tertiary alicyclic amines) is 1. The Morgan fingerprint density at radius 1 is 1.12 bits per heavy atom. The summed E-state index contributed by atoms with van der Waals surface area (Å²) in [6.07, 6.45) is 4.05. The van der Waals surface area contributed by atoms with E-state index in [1.54, 1.807) is 18.2 Å². The van der Waals surface area contributed by atoms with E-state index >= 15 is 0 Å². The highest BCUT2D eigenvalue weighted by atomic mass is 32.2. The Morgan fingerprint density at radius 2 is 1.77 bits per heavy atom. The number of Topliss-reactive ketones (excluding diaryl/α,β-unsaturated/α-hetero) is 1. The molecule has 2 heterocycles. The molecule has 0 aromatic heterocycles. The Balaban J connectivity index is 1.34. The van der Waals surface area contributed by atoms with Crippen LogP contribution in [0.4, 0.5) is 0 Å². The van der Waals surface area contributed by atoms with Gasteiger partial charge in [0, 0.05) is 56.6 Å². The average molecular weight is 611 g/mol. The highest BCUT2D eigenvalue weighted by Gasteiger charge is 2.52. The van der Waals surface area contributed by atoms with E-state index in [4.69, 9.17) is 0 Å². The smallest absolute Gasteiger partial charge is 0.240 e. The highest BCUT2D eigenvalue weighted by molar-refractivity contribution is 7.89. The standard InChI is InChI=1S/C33H46N4O5S/c1-5-17-37(30(38)20-25-11-13-29(14-12-25)43(41,42)34-4)28-15-18-36(19-16-28)23-27-22-35-24-33(27,40)31(39)32(2,3)21-26-9-7-6-8-10-26/h5-14,27-28,34-35,40H,1,15-24H2,2-4H3/t27-,33-/m0/s1. The predicted molar refractivity (Wildman–Crippen MR) is 168 cm³/mol. The van der Waals surface area contributed by atoms with Gasteiger partial charge in [-0.2, -0.15) is 0 Å². The number of piperidine rings is 1. The molecule has 2 aromatic rings. The van der Waals surface area contributed by atoms with Gasteiger partial charge in [-0.1, -0.05) is 62.4 Å². The van der Waals surface area contributed by atoms with Crippen molar-refractivity contribution in [2.45, 2.75) is 56.1 Å². The number of amides is 1. The van der Waals surface area contributed by atoms with E-state index in [-0.39, 0.29) is 41.5 Å². The number of β-amino-alcohol motifs (C(OH)–C–C–N with tert-alkyl or cyclic N) is 1. The molecule has 2 aliphatic rings. The van der Waals surface area contributed by atoms with Crippen LogP contribution in [0.5, 0.6) is 0 Å². The number of carbonyl (C=O) groups is 2. The zero-order chi connectivity index (χ0) is 31.3. The molecule has 10 heteroatoms. The maximum atomic E-state index is 13.8. The van der Waals surface area contributed by atoms with Gasteiger partial charge < -0.3 is 20.2 Å². The van der Waals surface area contributed by atoms with E-state index in [0.717, 1.165) is 37.1 Å². The fourth-order valence-corrected chi connectivity index (χ4v) is 7.23. The lowest BCUT2D eigenvalue weighted by molar-refractivity contribution is -0.149. The molecular formula is C33H46N4O5S. The first-order valence-electron chi connectivity index (χ1n) is 15.1. The molecule has 0 radical (unpaired) electrons. The number of hydrogen-bond donors (Lipinski definition) is 3. The summed E-state index contributed by atoms with van der Waals surface area (Å²) in [7, 11) is -2.17. The lowest BCUT2D eigenvalue weighted by Crippen LogP contribution is -2.56. The van der Waals surface area contributed by atoms with Crippen LogP contribution in [0.25, 0.3) is 0 Å². The lowest BCUT2D eigenvalue weighted by atomic mass is 9.71. The van der Waals surface area contributed by atoms with Crippen LogP contribution in [-0.2, 0) is 32.5 Å². The van der Waals surface area contributed by atoms with Crippen molar-refractivity contribution in [1.29, 1.82) is 0 Å². The largest absolute Gasteiger partial charge is 0.380 e. The molecule has 2 atom stereocenters. The summed E-state index contributed by atoms with van der Waals surface area (Å²) >= 11 is 0. The van der Waals surface area contributed by atoms with Crippen LogP contribution in [0.3, 0.4) is 0 Å². The van der Waals surface area contributed by atoms with Crippen LogP contribution < -0.4 is 10.0 Å². The van der Waals surface area contributed by atoms with E-state index in [1.807, 2.05) is 49.1 Å². The molecule has 0 spiro atoms. The summed E-state index contributed by atoms with van der Waals surface area (Å²) in [4.78, 5) is 31.4. The maximum Gasteiger partial charge on any atom is 0.240 e. The van der Waals surface area contributed by atoms with Gasteiger partial charge in [-0.05, 0) is 49.6 Å². The van der Waals surface area contributed by atoms with E-state index < -0.39 is 21.0 Å². The molecular weight excluding hydrogens is 564 g/mol. The minimum atomic E-state index is -3.53. The molecule has 0 aliphatic carbocycles. The van der Waals surface area contributed by atoms with Gasteiger partial charge in [0.2, 0.25) is 15.9 Å². The first-order chi connectivity index (χ1) is 20.4. The van der Waals surface area contributed by atoms with Crippen molar-refractivity contribution in [3.05, 3.63) is 78.4 Å². The van der Waals surface area contributed by atoms with Crippen LogP contribution >= 0.6 is 0 Å². The van der Waals surface area contributed by atoms with Gasteiger partial charge in [0.05, 0.1) is 11.3 Å². The molecule has 0 unspecified atom stereocenters. The molecule has 2 saturated heterocycles. The first-order valence-corrected chi connectivity index (χ1v) is 16.5. The Labute approximate surface area is 256 Å². The molecule has 2 aliphatic heterocycles. The molecule has 0 bridgehead atoms. The second kappa shape index (κ2) is 13.8. The Kier molecular flexibility index (Phi) is 10.6. The minimum absolute atomic E-state index is 0.0248. The number of benzene rings is 2. The molecule has 9 nitrogen and oxygen atoms in total. The highest BCUT2D eigenvalue weighted by Crippen LogP contribution is 2.35. The van der Waals surface area contributed by atoms with Crippen molar-refractivity contribution in [3.8, 4) is 0 Å². The third-order valence-corrected chi connectivity index (χ3v) is 10.4. The fourth-order valence-electron chi connectivity index (χ4n) is 6.50. The summed E-state index contributed by atoms with van der Waals surface area (Å²) < 4.78 is 26.3. The van der Waals surface area contributed by atoms with Crippen LogP contribution in [0.1, 0.15) is 37.8 Å². The van der Waals surface area contributed by atoms with Crippen molar-refractivity contribution in [2.75, 3.05) is 46.3 Å². The van der Waals surface area contributed by atoms with Crippen LogP contribution in [0, 0.1) is 11.3 Å². The Bertz CT molecular complexity index is 1370. The van der Waals surface area contributed by atoms with Crippen molar-refractivity contribution >= 4 is 21.7 Å². The number of sulfonamides is 1. The summed E-state index contributed by atoms with van der Waals surface area (Å²) in [5.74, 6) is -0.358. The van der Waals surface area contributed by atoms with Crippen molar-refractivity contribution < 1.29 is 23.1 Å². The number of hydrogen-bond acceptors (Lipinski definition) is 7. The molecule has 2 fully saturated rings. The van der Waals surface area contributed by atoms with Crippen LogP contribution in [0.2, 0.25) is 0 Å². The van der Waals surface area contributed by atoms with Gasteiger partial charge in [0.15, 0.2) is 5.78 Å². The molecule has 2 aromatic carbocycles. The van der Waals surface area contributed by atoms with E-state index in [9.17, 15) is 23.1 Å². The van der Waals surface area contributed by atoms with Gasteiger partial charge in [-0.15, -0.1) is 6.58 Å². The Hall–Kier alpha value is -2.89. The average Bonchev–Trinajstić information content (AvgIpc) is 3.37. The Morgan fingerprint density at radius 3 is 2.37 bits per heavy atom. The maximum absolute atomic E-state index is 13.8. The quantitative estimate of drug-likeness (QED) is 0.298. The third-order valence-electron chi connectivity index (χ3n) is 8.94. The van der Waals surface area contributed by atoms with Crippen LogP contribution in [-0.4, -0.2) is 93.0 Å². The van der Waals surface area contributed by atoms with Crippen molar-refractivity contribution in [1.82, 2.24) is 19.8 Å². The summed E-state index contributed by atoms with van der Waals surface area (Å²) in [6.45, 7) is 11.1. The molecule has 1 amide bonds. The number of ketones is 1. The summed E-state index contributed by atoms with van der Waals surface area (Å²) in [6, 6.07) is 16.4. The third kappa shape index (κ3) is 7.80. The molecule has 43 heavy (non-hydrogen) atoms. The monoisotopic (exact) mass is 610 g/mol. The van der Waals surface area contributed by atoms with E-state index in [0.29, 0.717) is 26.1 Å². The van der Waals surface area contributed by atoms with E-state index in [2.05, 4.69) is 21.5 Å². The number of carbonyl (C=O) groups excluding carboxylic acids is 2. The van der Waals surface area contributed by atoms with Gasteiger partial charge >= 0.3 is 0 Å². The number of nitrogens with zero attached hydrogens (tertiary/aromatic N) is 2. The first kappa shape index (κ1) is 33.0. The molecule has 3 N–H and O–H groups in total. The van der Waals surface area contributed by atoms with Crippen LogP contribution in [0.15, 0.2) is 72.1 Å². The number of rotatable bonds is 13. The molecule has 234 valence electrons. The van der Waals surface area contributed by atoms with E-state index in [1.165, 1.54) is 19.2 Å². The summed E-state index contributed by atoms with van der Waals surface area (Å²) in [5.41, 5.74) is -0.312. The van der Waals surface area contributed by atoms with Crippen molar-refractivity contribution in [3.63, 3.8) is 0 Å². The second-order valence-corrected chi connectivity index (χ2v) is 14.4. The van der Waals surface area contributed by atoms with Gasteiger partial charge in [0.1, 0.15) is 5.60 Å². The predicted octanol–water partition coefficient (Wildman–Crippen LogP) is 2.40. The normalized spacial score (nSPS) is 21.9. The minimum Gasteiger partial charge on any atom is -0.380 e.